The molecule has 0 amide bonds. The first-order chi connectivity index (χ1) is 8.04. The molecule has 0 fully saturated rings. The number of hydrogen-bond donors (Lipinski definition) is 2. The maximum absolute atomic E-state index is 11.5. The molecule has 2 aromatic rings. The average molecular weight is 306 g/mol. The number of methoxy groups -OCH3 is 1. The quantitative estimate of drug-likeness (QED) is 0.848. The van der Waals surface area contributed by atoms with E-state index in [1.807, 2.05) is 18.3 Å². The molecule has 0 bridgehead atoms. The number of rotatable bonds is 3. The highest BCUT2D eigenvalue weighted by Crippen LogP contribution is 2.20. The summed E-state index contributed by atoms with van der Waals surface area (Å²) in [5, 5.41) is 0.980. The van der Waals surface area contributed by atoms with E-state index in [0.717, 1.165) is 16.6 Å². The first-order valence-corrected chi connectivity index (χ1v) is 5.33. The molecule has 2 rings (SSSR count). The molecule has 1 unspecified atom stereocenters. The number of H-pyrrole nitrogens is 1. The molecule has 0 saturated heterocycles. The van der Waals surface area contributed by atoms with Gasteiger partial charge in [0.2, 0.25) is 0 Å². The molecular formula is C12H17Cl2N3O2. The predicted octanol–water partition coefficient (Wildman–Crippen LogP) is 1.84. The molecule has 0 aromatic carbocycles. The molecule has 5 nitrogen and oxygen atoms in total. The number of esters is 1. The van der Waals surface area contributed by atoms with Crippen LogP contribution in [0.4, 0.5) is 0 Å². The number of nitrogens with two attached hydrogens (primary N) is 1. The highest BCUT2D eigenvalue weighted by atomic mass is 35.5. The fourth-order valence-corrected chi connectivity index (χ4v) is 1.86. The molecule has 2 aromatic heterocycles. The Kier molecular flexibility index (Phi) is 6.29. The van der Waals surface area contributed by atoms with Crippen LogP contribution >= 0.6 is 24.8 Å². The third-order valence-corrected chi connectivity index (χ3v) is 2.75. The summed E-state index contributed by atoms with van der Waals surface area (Å²) in [7, 11) is 1.34. The van der Waals surface area contributed by atoms with Crippen LogP contribution in [0, 0.1) is 0 Å². The standard InChI is InChI=1S/C12H15N3O2.2ClH/c1-12(13,11(16)17-2)6-8-7-15-10-9(8)4-3-5-14-10;;/h3-5,7H,6,13H2,1-2H3,(H,14,15);2*1H. The van der Waals surface area contributed by atoms with Crippen molar-refractivity contribution in [2.24, 2.45) is 5.73 Å². The average Bonchev–Trinajstić information content (AvgIpc) is 2.71. The topological polar surface area (TPSA) is 81.0 Å². The molecule has 0 aliphatic rings. The van der Waals surface area contributed by atoms with E-state index in [1.165, 1.54) is 7.11 Å². The highest BCUT2D eigenvalue weighted by molar-refractivity contribution is 5.86. The van der Waals surface area contributed by atoms with E-state index in [1.54, 1.807) is 13.1 Å². The maximum atomic E-state index is 11.5. The normalized spacial score (nSPS) is 13.0. The third kappa shape index (κ3) is 3.59. The molecule has 0 spiro atoms. The van der Waals surface area contributed by atoms with E-state index >= 15 is 0 Å². The minimum atomic E-state index is -1.03. The number of nitrogens with one attached hydrogen (secondary N) is 1. The van der Waals surface area contributed by atoms with E-state index in [4.69, 9.17) is 5.73 Å². The van der Waals surface area contributed by atoms with Gasteiger partial charge >= 0.3 is 5.97 Å². The number of ether oxygens (including phenoxy) is 1. The monoisotopic (exact) mass is 305 g/mol. The molecule has 7 heteroatoms. The maximum Gasteiger partial charge on any atom is 0.325 e. The Labute approximate surface area is 123 Å². The number of fused-ring (bicyclic) bond motifs is 1. The van der Waals surface area contributed by atoms with Gasteiger partial charge in [0, 0.05) is 24.2 Å². The van der Waals surface area contributed by atoms with Gasteiger partial charge < -0.3 is 15.5 Å². The summed E-state index contributed by atoms with van der Waals surface area (Å²) in [6.45, 7) is 1.66. The van der Waals surface area contributed by atoms with Gasteiger partial charge in [0.25, 0.3) is 0 Å². The van der Waals surface area contributed by atoms with Crippen molar-refractivity contribution in [2.45, 2.75) is 18.9 Å². The smallest absolute Gasteiger partial charge is 0.325 e. The zero-order valence-corrected chi connectivity index (χ0v) is 12.3. The van der Waals surface area contributed by atoms with Crippen molar-refractivity contribution >= 4 is 41.8 Å². The Morgan fingerprint density at radius 1 is 1.53 bits per heavy atom. The Bertz CT molecular complexity index is 555. The lowest BCUT2D eigenvalue weighted by Crippen LogP contribution is -2.47. The van der Waals surface area contributed by atoms with Crippen molar-refractivity contribution in [2.75, 3.05) is 7.11 Å². The van der Waals surface area contributed by atoms with Crippen LogP contribution in [0.2, 0.25) is 0 Å². The zero-order valence-electron chi connectivity index (χ0n) is 10.7. The van der Waals surface area contributed by atoms with Gasteiger partial charge in [-0.2, -0.15) is 0 Å². The third-order valence-electron chi connectivity index (χ3n) is 2.75. The van der Waals surface area contributed by atoms with Crippen LogP contribution in [0.15, 0.2) is 24.5 Å². The summed E-state index contributed by atoms with van der Waals surface area (Å²) in [6, 6.07) is 3.80. The lowest BCUT2D eigenvalue weighted by molar-refractivity contribution is -0.146. The van der Waals surface area contributed by atoms with Crippen LogP contribution in [-0.4, -0.2) is 28.6 Å². The van der Waals surface area contributed by atoms with Crippen LogP contribution in [0.5, 0.6) is 0 Å². The van der Waals surface area contributed by atoms with E-state index in [2.05, 4.69) is 14.7 Å². The van der Waals surface area contributed by atoms with E-state index in [-0.39, 0.29) is 24.8 Å². The van der Waals surface area contributed by atoms with Crippen molar-refractivity contribution in [3.8, 4) is 0 Å². The van der Waals surface area contributed by atoms with Crippen molar-refractivity contribution in [1.29, 1.82) is 0 Å². The van der Waals surface area contributed by atoms with E-state index in [9.17, 15) is 4.79 Å². The van der Waals surface area contributed by atoms with Crippen molar-refractivity contribution in [3.63, 3.8) is 0 Å². The van der Waals surface area contributed by atoms with Crippen molar-refractivity contribution in [1.82, 2.24) is 9.97 Å². The second-order valence-electron chi connectivity index (χ2n) is 4.30. The number of aromatic nitrogens is 2. The zero-order chi connectivity index (χ0) is 12.5. The van der Waals surface area contributed by atoms with Crippen LogP contribution in [0.3, 0.4) is 0 Å². The largest absolute Gasteiger partial charge is 0.468 e. The number of carbonyl (C=O) groups excluding carboxylic acids is 1. The Hall–Kier alpha value is -1.30. The second kappa shape index (κ2) is 6.75. The minimum Gasteiger partial charge on any atom is -0.468 e. The summed E-state index contributed by atoms with van der Waals surface area (Å²) in [5.74, 6) is -0.421. The number of halogens is 2. The minimum absolute atomic E-state index is 0. The van der Waals surface area contributed by atoms with Crippen molar-refractivity contribution in [3.05, 3.63) is 30.1 Å². The van der Waals surface area contributed by atoms with Gasteiger partial charge in [-0.05, 0) is 24.6 Å². The molecule has 3 N–H and O–H groups in total. The van der Waals surface area contributed by atoms with Gasteiger partial charge in [0.05, 0.1) is 7.11 Å². The number of nitrogens with zero attached hydrogens (tertiary/aromatic N) is 1. The molecule has 0 aliphatic carbocycles. The van der Waals surface area contributed by atoms with Crippen LogP contribution in [0.1, 0.15) is 12.5 Å². The van der Waals surface area contributed by atoms with Gasteiger partial charge in [0.1, 0.15) is 11.2 Å². The molecular weight excluding hydrogens is 289 g/mol. The van der Waals surface area contributed by atoms with Crippen LogP contribution in [0.25, 0.3) is 11.0 Å². The first kappa shape index (κ1) is 17.7. The summed E-state index contributed by atoms with van der Waals surface area (Å²) >= 11 is 0. The van der Waals surface area contributed by atoms with Crippen LogP contribution in [-0.2, 0) is 16.0 Å². The molecule has 2 heterocycles. The molecule has 0 aliphatic heterocycles. The van der Waals surface area contributed by atoms with Gasteiger partial charge in [-0.1, -0.05) is 0 Å². The number of aromatic amines is 1. The Balaban J connectivity index is 0.00000162. The number of pyridine rings is 1. The summed E-state index contributed by atoms with van der Waals surface area (Å²) in [4.78, 5) is 18.8. The summed E-state index contributed by atoms with van der Waals surface area (Å²) < 4.78 is 4.69. The van der Waals surface area contributed by atoms with E-state index in [0.29, 0.717) is 6.42 Å². The number of carbonyl (C=O) groups is 1. The van der Waals surface area contributed by atoms with Gasteiger partial charge in [0.15, 0.2) is 0 Å². The molecule has 106 valence electrons. The predicted molar refractivity (Wildman–Crippen MR) is 78.9 cm³/mol. The van der Waals surface area contributed by atoms with Gasteiger partial charge in [-0.25, -0.2) is 4.98 Å². The molecule has 1 atom stereocenters. The lowest BCUT2D eigenvalue weighted by atomic mass is 9.94. The first-order valence-electron chi connectivity index (χ1n) is 5.33. The fourth-order valence-electron chi connectivity index (χ4n) is 1.86. The summed E-state index contributed by atoms with van der Waals surface area (Å²) in [6.07, 6.45) is 3.95. The van der Waals surface area contributed by atoms with Gasteiger partial charge in [-0.3, -0.25) is 4.79 Å². The SMILES string of the molecule is COC(=O)C(C)(N)Cc1c[nH]c2ncccc12.Cl.Cl. The van der Waals surface area contributed by atoms with Gasteiger partial charge in [-0.15, -0.1) is 24.8 Å². The lowest BCUT2D eigenvalue weighted by Gasteiger charge is -2.20. The highest BCUT2D eigenvalue weighted by Gasteiger charge is 2.30. The van der Waals surface area contributed by atoms with Crippen LogP contribution < -0.4 is 5.73 Å². The fraction of sp³-hybridized carbons (Fsp3) is 0.333. The number of hydrogen-bond acceptors (Lipinski definition) is 4. The molecule has 0 saturated carbocycles. The second-order valence-corrected chi connectivity index (χ2v) is 4.30. The van der Waals surface area contributed by atoms with E-state index < -0.39 is 11.5 Å². The van der Waals surface area contributed by atoms with Crippen molar-refractivity contribution < 1.29 is 9.53 Å². The molecule has 0 radical (unpaired) electrons. The Morgan fingerprint density at radius 3 is 2.84 bits per heavy atom. The Morgan fingerprint density at radius 2 is 2.21 bits per heavy atom. The summed E-state index contributed by atoms with van der Waals surface area (Å²) in [5.41, 5.74) is 6.67. The molecule has 19 heavy (non-hydrogen) atoms.